The maximum atomic E-state index is 4.68. The highest BCUT2D eigenvalue weighted by atomic mass is 32.1. The van der Waals surface area contributed by atoms with Gasteiger partial charge in [-0.1, -0.05) is 54.6 Å². The van der Waals surface area contributed by atoms with E-state index in [1.165, 1.54) is 32.7 Å². The van der Waals surface area contributed by atoms with Gasteiger partial charge in [0.05, 0.1) is 0 Å². The van der Waals surface area contributed by atoms with Crippen LogP contribution in [0.2, 0.25) is 0 Å². The third kappa shape index (κ3) is 2.20. The van der Waals surface area contributed by atoms with Gasteiger partial charge in [0.25, 0.3) is 0 Å². The molecule has 0 saturated carbocycles. The van der Waals surface area contributed by atoms with Gasteiger partial charge in [0, 0.05) is 4.90 Å². The van der Waals surface area contributed by atoms with Crippen LogP contribution in [0.3, 0.4) is 0 Å². The van der Waals surface area contributed by atoms with E-state index in [1.54, 1.807) is 0 Å². The number of hydrogen-bond donors (Lipinski definition) is 1. The third-order valence-corrected chi connectivity index (χ3v) is 4.27. The van der Waals surface area contributed by atoms with E-state index in [1.807, 2.05) is 6.07 Å². The van der Waals surface area contributed by atoms with E-state index in [4.69, 9.17) is 0 Å². The van der Waals surface area contributed by atoms with Gasteiger partial charge in [-0.15, -0.1) is 12.6 Å². The second-order valence-corrected chi connectivity index (χ2v) is 5.76. The summed E-state index contributed by atoms with van der Waals surface area (Å²) in [6.07, 6.45) is 0. The molecule has 0 radical (unpaired) electrons. The summed E-state index contributed by atoms with van der Waals surface area (Å²) in [7, 11) is 0. The van der Waals surface area contributed by atoms with Crippen LogP contribution in [0.5, 0.6) is 0 Å². The predicted octanol–water partition coefficient (Wildman–Crippen LogP) is 5.95. The molecular formula is C20H14S. The van der Waals surface area contributed by atoms with Gasteiger partial charge in [-0.05, 0) is 56.9 Å². The zero-order valence-corrected chi connectivity index (χ0v) is 12.3. The minimum atomic E-state index is 1.02. The van der Waals surface area contributed by atoms with Crippen LogP contribution in [0.4, 0.5) is 0 Å². The minimum Gasteiger partial charge on any atom is -0.143 e. The molecular weight excluding hydrogens is 272 g/mol. The average molecular weight is 286 g/mol. The van der Waals surface area contributed by atoms with Crippen LogP contribution in [0.25, 0.3) is 32.7 Å². The number of fused-ring (bicyclic) bond motifs is 2. The lowest BCUT2D eigenvalue weighted by Crippen LogP contribution is -1.83. The number of thiol groups is 1. The Morgan fingerprint density at radius 1 is 0.524 bits per heavy atom. The fourth-order valence-electron chi connectivity index (χ4n) is 2.83. The van der Waals surface area contributed by atoms with Gasteiger partial charge >= 0.3 is 0 Å². The second-order valence-electron chi connectivity index (χ2n) is 5.28. The zero-order valence-electron chi connectivity index (χ0n) is 11.5. The monoisotopic (exact) mass is 286 g/mol. The predicted molar refractivity (Wildman–Crippen MR) is 94.1 cm³/mol. The molecule has 0 fully saturated rings. The van der Waals surface area contributed by atoms with Crippen molar-refractivity contribution in [2.24, 2.45) is 0 Å². The Kier molecular flexibility index (Phi) is 2.94. The molecule has 4 aromatic rings. The molecule has 100 valence electrons. The quantitative estimate of drug-likeness (QED) is 0.324. The summed E-state index contributed by atoms with van der Waals surface area (Å²) >= 11 is 4.68. The average Bonchev–Trinajstić information content (AvgIpc) is 2.53. The molecule has 0 saturated heterocycles. The summed E-state index contributed by atoms with van der Waals surface area (Å²) in [4.78, 5) is 1.02. The second kappa shape index (κ2) is 4.94. The highest BCUT2D eigenvalue weighted by Gasteiger charge is 2.05. The van der Waals surface area contributed by atoms with E-state index in [2.05, 4.69) is 85.4 Å². The summed E-state index contributed by atoms with van der Waals surface area (Å²) in [5.41, 5.74) is 2.39. The Morgan fingerprint density at radius 3 is 1.76 bits per heavy atom. The lowest BCUT2D eigenvalue weighted by atomic mass is 9.98. The molecule has 0 unspecified atom stereocenters. The topological polar surface area (TPSA) is 0 Å². The van der Waals surface area contributed by atoms with E-state index in [-0.39, 0.29) is 0 Å². The van der Waals surface area contributed by atoms with Crippen LogP contribution in [0.15, 0.2) is 83.8 Å². The Bertz CT molecular complexity index is 940. The molecule has 1 heteroatoms. The molecule has 0 nitrogen and oxygen atoms in total. The van der Waals surface area contributed by atoms with Gasteiger partial charge in [0.1, 0.15) is 0 Å². The minimum absolute atomic E-state index is 1.02. The Balaban J connectivity index is 2.02. The normalized spacial score (nSPS) is 11.1. The first-order chi connectivity index (χ1) is 10.3. The molecule has 0 spiro atoms. The first-order valence-corrected chi connectivity index (χ1v) is 7.47. The van der Waals surface area contributed by atoms with E-state index < -0.39 is 0 Å². The highest BCUT2D eigenvalue weighted by Crippen LogP contribution is 2.32. The van der Waals surface area contributed by atoms with Crippen LogP contribution in [0.1, 0.15) is 0 Å². The fraction of sp³-hybridized carbons (Fsp3) is 0. The van der Waals surface area contributed by atoms with Gasteiger partial charge < -0.3 is 0 Å². The first-order valence-electron chi connectivity index (χ1n) is 7.02. The van der Waals surface area contributed by atoms with Gasteiger partial charge in [-0.25, -0.2) is 0 Å². The molecule has 0 aromatic heterocycles. The van der Waals surface area contributed by atoms with Gasteiger partial charge in [-0.3, -0.25) is 0 Å². The van der Waals surface area contributed by atoms with Gasteiger partial charge in [0.15, 0.2) is 0 Å². The van der Waals surface area contributed by atoms with Gasteiger partial charge in [-0.2, -0.15) is 0 Å². The summed E-state index contributed by atoms with van der Waals surface area (Å²) in [6.45, 7) is 0. The first kappa shape index (κ1) is 12.5. The maximum Gasteiger partial charge on any atom is 0.0125 e. The molecule has 0 aliphatic rings. The maximum absolute atomic E-state index is 4.68. The number of rotatable bonds is 1. The lowest BCUT2D eigenvalue weighted by molar-refractivity contribution is 1.50. The molecule has 0 aliphatic carbocycles. The number of hydrogen-bond acceptors (Lipinski definition) is 1. The van der Waals surface area contributed by atoms with E-state index in [9.17, 15) is 0 Å². The van der Waals surface area contributed by atoms with Crippen molar-refractivity contribution in [2.75, 3.05) is 0 Å². The van der Waals surface area contributed by atoms with Crippen molar-refractivity contribution >= 4 is 34.2 Å². The summed E-state index contributed by atoms with van der Waals surface area (Å²) in [5.74, 6) is 0. The molecule has 0 atom stereocenters. The zero-order chi connectivity index (χ0) is 14.2. The van der Waals surface area contributed by atoms with Crippen molar-refractivity contribution in [3.8, 4) is 11.1 Å². The smallest absolute Gasteiger partial charge is 0.0125 e. The molecule has 0 heterocycles. The Labute approximate surface area is 129 Å². The van der Waals surface area contributed by atoms with Crippen LogP contribution in [-0.2, 0) is 0 Å². The number of benzene rings is 4. The van der Waals surface area contributed by atoms with Crippen molar-refractivity contribution in [3.05, 3.63) is 78.9 Å². The fourth-order valence-corrected chi connectivity index (χ4v) is 3.16. The molecule has 21 heavy (non-hydrogen) atoms. The molecule has 0 aliphatic heterocycles. The van der Waals surface area contributed by atoms with Crippen molar-refractivity contribution < 1.29 is 0 Å². The van der Waals surface area contributed by atoms with Crippen LogP contribution in [-0.4, -0.2) is 0 Å². The van der Waals surface area contributed by atoms with Crippen molar-refractivity contribution in [2.45, 2.75) is 4.90 Å². The van der Waals surface area contributed by atoms with E-state index in [0.717, 1.165) is 4.90 Å². The Hall–Kier alpha value is -2.25. The largest absolute Gasteiger partial charge is 0.143 e. The molecule has 0 amide bonds. The summed E-state index contributed by atoms with van der Waals surface area (Å²) in [5, 5.41) is 5.03. The Morgan fingerprint density at radius 2 is 1.10 bits per heavy atom. The van der Waals surface area contributed by atoms with Gasteiger partial charge in [0.2, 0.25) is 0 Å². The lowest BCUT2D eigenvalue weighted by Gasteiger charge is -2.09. The van der Waals surface area contributed by atoms with Crippen molar-refractivity contribution in [3.63, 3.8) is 0 Å². The summed E-state index contributed by atoms with van der Waals surface area (Å²) < 4.78 is 0. The van der Waals surface area contributed by atoms with E-state index in [0.29, 0.717) is 0 Å². The molecule has 0 bridgehead atoms. The van der Waals surface area contributed by atoms with E-state index >= 15 is 0 Å². The highest BCUT2D eigenvalue weighted by molar-refractivity contribution is 7.80. The summed E-state index contributed by atoms with van der Waals surface area (Å²) in [6, 6.07) is 27.8. The molecule has 0 N–H and O–H groups in total. The van der Waals surface area contributed by atoms with Crippen LogP contribution in [0, 0.1) is 0 Å². The third-order valence-electron chi connectivity index (χ3n) is 3.90. The SMILES string of the molecule is Sc1cc2cc3ccccc3cc2cc1-c1ccccc1. The van der Waals surface area contributed by atoms with Crippen molar-refractivity contribution in [1.29, 1.82) is 0 Å². The molecule has 4 rings (SSSR count). The van der Waals surface area contributed by atoms with Crippen LogP contribution < -0.4 is 0 Å². The standard InChI is InChI=1S/C20H14S/c21-20-13-18-11-16-9-5-4-8-15(16)10-17(18)12-19(20)14-6-2-1-3-7-14/h1-13,21H. The van der Waals surface area contributed by atoms with Crippen molar-refractivity contribution in [1.82, 2.24) is 0 Å². The van der Waals surface area contributed by atoms with Crippen LogP contribution >= 0.6 is 12.6 Å². The molecule has 4 aromatic carbocycles.